The summed E-state index contributed by atoms with van der Waals surface area (Å²) in [5.74, 6) is -0.0509. The van der Waals surface area contributed by atoms with Gasteiger partial charge in [-0.2, -0.15) is 5.10 Å². The van der Waals surface area contributed by atoms with E-state index in [0.717, 1.165) is 11.4 Å². The smallest absolute Gasteiger partial charge is 0.262 e. The van der Waals surface area contributed by atoms with E-state index in [-0.39, 0.29) is 11.0 Å². The second-order valence-corrected chi connectivity index (χ2v) is 6.21. The molecule has 0 aliphatic heterocycles. The number of nitrogens with zero attached hydrogens (tertiary/aromatic N) is 1. The van der Waals surface area contributed by atoms with E-state index in [4.69, 9.17) is 0 Å². The van der Waals surface area contributed by atoms with E-state index in [9.17, 15) is 9.59 Å². The van der Waals surface area contributed by atoms with Gasteiger partial charge in [-0.15, -0.1) is 0 Å². The van der Waals surface area contributed by atoms with Gasteiger partial charge in [0.2, 0.25) is 0 Å². The van der Waals surface area contributed by atoms with Crippen LogP contribution in [-0.4, -0.2) is 21.1 Å². The number of hydrogen-bond donors (Lipinski definition) is 3. The average Bonchev–Trinajstić information content (AvgIpc) is 2.75. The van der Waals surface area contributed by atoms with E-state index < -0.39 is 11.5 Å². The third kappa shape index (κ3) is 3.21. The lowest BCUT2D eigenvalue weighted by molar-refractivity contribution is 0.102. The van der Waals surface area contributed by atoms with Gasteiger partial charge in [-0.05, 0) is 25.5 Å². The molecule has 0 saturated heterocycles. The van der Waals surface area contributed by atoms with E-state index in [1.165, 1.54) is 0 Å². The Balaban J connectivity index is 2.27. The van der Waals surface area contributed by atoms with Gasteiger partial charge in [0.15, 0.2) is 5.82 Å². The predicted octanol–water partition coefficient (Wildman–Crippen LogP) is 2.26. The highest BCUT2D eigenvalue weighted by molar-refractivity contribution is 6.04. The lowest BCUT2D eigenvalue weighted by Crippen LogP contribution is -2.25. The van der Waals surface area contributed by atoms with Crippen molar-refractivity contribution in [3.8, 4) is 0 Å². The Labute approximate surface area is 123 Å². The number of rotatable bonds is 2. The fourth-order valence-corrected chi connectivity index (χ4v) is 2.08. The van der Waals surface area contributed by atoms with Crippen LogP contribution in [0.25, 0.3) is 0 Å². The predicted molar refractivity (Wildman–Crippen MR) is 81.8 cm³/mol. The van der Waals surface area contributed by atoms with Crippen LogP contribution < -0.4 is 10.9 Å². The summed E-state index contributed by atoms with van der Waals surface area (Å²) in [6, 6.07) is 3.54. The molecule has 0 bridgehead atoms. The summed E-state index contributed by atoms with van der Waals surface area (Å²) in [4.78, 5) is 26.8. The molecule has 0 aliphatic rings. The highest BCUT2D eigenvalue weighted by Gasteiger charge is 2.19. The first kappa shape index (κ1) is 15.0. The molecule has 2 heterocycles. The SMILES string of the molecule is Cc1cc(C)c(C(=O)Nc2cc(C(C)(C)C)[nH]n2)c(=O)[nH]1. The summed E-state index contributed by atoms with van der Waals surface area (Å²) in [6.07, 6.45) is 0. The van der Waals surface area contributed by atoms with Crippen molar-refractivity contribution in [1.29, 1.82) is 0 Å². The quantitative estimate of drug-likeness (QED) is 0.791. The molecule has 3 N–H and O–H groups in total. The number of nitrogens with one attached hydrogen (secondary N) is 3. The minimum absolute atomic E-state index is 0.0901. The number of hydrogen-bond acceptors (Lipinski definition) is 3. The summed E-state index contributed by atoms with van der Waals surface area (Å²) < 4.78 is 0. The standard InChI is InChI=1S/C15H20N4O2/c1-8-6-9(2)16-13(20)12(8)14(21)17-11-7-10(18-19-11)15(3,4)5/h6-7H,1-5H3,(H,16,20)(H2,17,18,19,21). The molecule has 0 fully saturated rings. The van der Waals surface area contributed by atoms with Crippen LogP contribution >= 0.6 is 0 Å². The normalized spacial score (nSPS) is 11.5. The van der Waals surface area contributed by atoms with Gasteiger partial charge in [-0.1, -0.05) is 20.8 Å². The Morgan fingerprint density at radius 2 is 1.90 bits per heavy atom. The zero-order chi connectivity index (χ0) is 15.8. The van der Waals surface area contributed by atoms with Gasteiger partial charge < -0.3 is 10.3 Å². The molecule has 112 valence electrons. The average molecular weight is 288 g/mol. The van der Waals surface area contributed by atoms with Gasteiger partial charge in [-0.25, -0.2) is 0 Å². The number of anilines is 1. The van der Waals surface area contributed by atoms with Crippen LogP contribution in [-0.2, 0) is 5.41 Å². The summed E-state index contributed by atoms with van der Waals surface area (Å²) in [6.45, 7) is 9.64. The highest BCUT2D eigenvalue weighted by Crippen LogP contribution is 2.22. The number of pyridine rings is 1. The van der Waals surface area contributed by atoms with Gasteiger partial charge >= 0.3 is 0 Å². The number of aromatic amines is 2. The Morgan fingerprint density at radius 1 is 1.24 bits per heavy atom. The minimum Gasteiger partial charge on any atom is -0.326 e. The summed E-state index contributed by atoms with van der Waals surface area (Å²) in [7, 11) is 0. The molecule has 0 aliphatic carbocycles. The van der Waals surface area contributed by atoms with Crippen LogP contribution in [0.3, 0.4) is 0 Å². The van der Waals surface area contributed by atoms with Crippen molar-refractivity contribution in [3.63, 3.8) is 0 Å². The molecular formula is C15H20N4O2. The monoisotopic (exact) mass is 288 g/mol. The van der Waals surface area contributed by atoms with Crippen molar-refractivity contribution in [3.05, 3.63) is 45.0 Å². The molecule has 6 heteroatoms. The van der Waals surface area contributed by atoms with E-state index in [1.807, 2.05) is 20.8 Å². The van der Waals surface area contributed by atoms with Crippen LogP contribution in [0.15, 0.2) is 16.9 Å². The molecule has 6 nitrogen and oxygen atoms in total. The third-order valence-corrected chi connectivity index (χ3v) is 3.22. The number of aryl methyl sites for hydroxylation is 2. The highest BCUT2D eigenvalue weighted by atomic mass is 16.2. The van der Waals surface area contributed by atoms with Crippen LogP contribution in [0, 0.1) is 13.8 Å². The number of carbonyl (C=O) groups is 1. The third-order valence-electron chi connectivity index (χ3n) is 3.22. The molecule has 2 rings (SSSR count). The summed E-state index contributed by atoms with van der Waals surface area (Å²) in [5.41, 5.74) is 1.90. The molecule has 0 unspecified atom stereocenters. The fourth-order valence-electron chi connectivity index (χ4n) is 2.08. The lowest BCUT2D eigenvalue weighted by atomic mass is 9.92. The molecule has 0 radical (unpaired) electrons. The second kappa shape index (κ2) is 5.20. The van der Waals surface area contributed by atoms with Gasteiger partial charge in [0.1, 0.15) is 5.56 Å². The van der Waals surface area contributed by atoms with Gasteiger partial charge in [0.25, 0.3) is 11.5 Å². The van der Waals surface area contributed by atoms with E-state index in [1.54, 1.807) is 26.0 Å². The van der Waals surface area contributed by atoms with Crippen molar-refractivity contribution in [2.45, 2.75) is 40.0 Å². The first-order valence-corrected chi connectivity index (χ1v) is 6.76. The molecule has 0 spiro atoms. The maximum absolute atomic E-state index is 12.2. The van der Waals surface area contributed by atoms with Gasteiger partial charge in [-0.3, -0.25) is 14.7 Å². The first-order valence-electron chi connectivity index (χ1n) is 6.76. The molecule has 0 aromatic carbocycles. The molecule has 0 saturated carbocycles. The minimum atomic E-state index is -0.458. The number of H-pyrrole nitrogens is 2. The second-order valence-electron chi connectivity index (χ2n) is 6.21. The Hall–Kier alpha value is -2.37. The zero-order valence-electron chi connectivity index (χ0n) is 12.9. The van der Waals surface area contributed by atoms with E-state index in [2.05, 4.69) is 20.5 Å². The number of aromatic nitrogens is 3. The van der Waals surface area contributed by atoms with Crippen molar-refractivity contribution in [1.82, 2.24) is 15.2 Å². The molecule has 1 amide bonds. The summed E-state index contributed by atoms with van der Waals surface area (Å²) in [5, 5.41) is 9.60. The molecule has 2 aromatic rings. The summed E-state index contributed by atoms with van der Waals surface area (Å²) >= 11 is 0. The number of amides is 1. The largest absolute Gasteiger partial charge is 0.326 e. The molecule has 21 heavy (non-hydrogen) atoms. The Morgan fingerprint density at radius 3 is 2.43 bits per heavy atom. The maximum Gasteiger partial charge on any atom is 0.262 e. The zero-order valence-corrected chi connectivity index (χ0v) is 12.9. The van der Waals surface area contributed by atoms with E-state index >= 15 is 0 Å². The maximum atomic E-state index is 12.2. The van der Waals surface area contributed by atoms with Crippen molar-refractivity contribution in [2.24, 2.45) is 0 Å². The van der Waals surface area contributed by atoms with Crippen molar-refractivity contribution < 1.29 is 4.79 Å². The Kier molecular flexibility index (Phi) is 3.72. The molecule has 0 atom stereocenters. The van der Waals surface area contributed by atoms with Gasteiger partial charge in [0.05, 0.1) is 0 Å². The van der Waals surface area contributed by atoms with Crippen LogP contribution in [0.4, 0.5) is 5.82 Å². The molecular weight excluding hydrogens is 268 g/mol. The fraction of sp³-hybridized carbons (Fsp3) is 0.400. The van der Waals surface area contributed by atoms with E-state index in [0.29, 0.717) is 11.4 Å². The lowest BCUT2D eigenvalue weighted by Gasteiger charge is -2.14. The first-order chi connectivity index (χ1) is 9.68. The van der Waals surface area contributed by atoms with Crippen LogP contribution in [0.5, 0.6) is 0 Å². The Bertz CT molecular complexity index is 735. The van der Waals surface area contributed by atoms with Gasteiger partial charge in [0, 0.05) is 22.9 Å². The van der Waals surface area contributed by atoms with Crippen LogP contribution in [0.1, 0.15) is 48.1 Å². The number of carbonyl (C=O) groups excluding carboxylic acids is 1. The molecule has 2 aromatic heterocycles. The topological polar surface area (TPSA) is 90.6 Å². The van der Waals surface area contributed by atoms with Crippen LogP contribution in [0.2, 0.25) is 0 Å². The van der Waals surface area contributed by atoms with Crippen molar-refractivity contribution in [2.75, 3.05) is 5.32 Å². The van der Waals surface area contributed by atoms with Crippen molar-refractivity contribution >= 4 is 11.7 Å².